The summed E-state index contributed by atoms with van der Waals surface area (Å²) in [6.45, 7) is 18.0. The van der Waals surface area contributed by atoms with Crippen molar-refractivity contribution >= 4 is 37.7 Å². The molecule has 0 aliphatic carbocycles. The summed E-state index contributed by atoms with van der Waals surface area (Å²) in [4.78, 5) is 78.3. The number of amides is 4. The van der Waals surface area contributed by atoms with Gasteiger partial charge in [-0.3, -0.25) is 24.0 Å². The van der Waals surface area contributed by atoms with Crippen LogP contribution < -0.4 is 16.0 Å². The van der Waals surface area contributed by atoms with Gasteiger partial charge in [-0.25, -0.2) is 0 Å². The summed E-state index contributed by atoms with van der Waals surface area (Å²) in [5.41, 5.74) is -0.959. The molecule has 1 aliphatic rings. The van der Waals surface area contributed by atoms with E-state index >= 15 is 0 Å². The fraction of sp³-hybridized carbons (Fsp3) is 0.839. The number of epoxide rings is 1. The fourth-order valence-corrected chi connectivity index (χ4v) is 5.78. The van der Waals surface area contributed by atoms with Crippen molar-refractivity contribution in [2.24, 2.45) is 17.8 Å². The van der Waals surface area contributed by atoms with E-state index in [4.69, 9.17) is 4.74 Å². The minimum Gasteiger partial charge on any atom is -0.432 e. The topological polar surface area (TPSA) is 178 Å². The molecule has 8 atom stereocenters. The summed E-state index contributed by atoms with van der Waals surface area (Å²) >= 11 is 0. The largest absolute Gasteiger partial charge is 0.432 e. The molecule has 0 saturated carbocycles. The third kappa shape index (κ3) is 11.9. The van der Waals surface area contributed by atoms with Gasteiger partial charge in [0.15, 0.2) is 14.1 Å². The highest BCUT2D eigenvalue weighted by Gasteiger charge is 2.50. The van der Waals surface area contributed by atoms with E-state index in [2.05, 4.69) is 16.0 Å². The highest BCUT2D eigenvalue weighted by atomic mass is 28.4. The molecule has 0 unspecified atom stereocenters. The van der Waals surface area contributed by atoms with Gasteiger partial charge >= 0.3 is 0 Å². The van der Waals surface area contributed by atoms with E-state index in [-0.39, 0.29) is 42.5 Å². The van der Waals surface area contributed by atoms with Gasteiger partial charge in [-0.2, -0.15) is 0 Å². The molecule has 12 nitrogen and oxygen atoms in total. The van der Waals surface area contributed by atoms with Crippen molar-refractivity contribution in [2.75, 3.05) is 13.7 Å². The van der Waals surface area contributed by atoms with E-state index in [1.165, 1.54) is 11.8 Å². The molecular weight excluding hydrogens is 584 g/mol. The standard InChI is InChI=1S/C31H58N4O8Si/c1-12-19(5)24(33-30(41)26(20(6)13-2)35(9)23(37)14-15-44(10,11)42)28(39)34-25(21(7)36)29(40)32-22(16-18(3)4)27(38)31(8)17-43-31/h18-22,24-26,36,42H,12-17H2,1-11H3,(H,32,40)(H,33,41)(H,34,39)/t19-,20-,21+,22-,24-,25-,26-,31+/m0/s1. The molecule has 0 aromatic rings. The zero-order valence-electron chi connectivity index (χ0n) is 28.7. The van der Waals surface area contributed by atoms with E-state index < -0.39 is 61.9 Å². The van der Waals surface area contributed by atoms with Crippen LogP contribution in [0.15, 0.2) is 0 Å². The van der Waals surface area contributed by atoms with Gasteiger partial charge in [-0.15, -0.1) is 0 Å². The number of carbonyl (C=O) groups is 5. The summed E-state index contributed by atoms with van der Waals surface area (Å²) in [5.74, 6) is -2.92. The lowest BCUT2D eigenvalue weighted by atomic mass is 9.92. The maximum Gasteiger partial charge on any atom is 0.245 e. The first-order valence-electron chi connectivity index (χ1n) is 15.9. The van der Waals surface area contributed by atoms with Gasteiger partial charge in [0.05, 0.1) is 18.8 Å². The monoisotopic (exact) mass is 642 g/mol. The van der Waals surface area contributed by atoms with Crippen molar-refractivity contribution in [3.63, 3.8) is 0 Å². The van der Waals surface area contributed by atoms with Crippen molar-refractivity contribution < 1.29 is 38.6 Å². The van der Waals surface area contributed by atoms with Crippen LogP contribution in [0.2, 0.25) is 19.1 Å². The average molecular weight is 643 g/mol. The van der Waals surface area contributed by atoms with Gasteiger partial charge in [0.1, 0.15) is 23.7 Å². The predicted octanol–water partition coefficient (Wildman–Crippen LogP) is 1.73. The van der Waals surface area contributed by atoms with Crippen LogP contribution in [-0.2, 0) is 28.7 Å². The quantitative estimate of drug-likeness (QED) is 0.104. The van der Waals surface area contributed by atoms with Crippen molar-refractivity contribution in [3.05, 3.63) is 0 Å². The van der Waals surface area contributed by atoms with E-state index in [0.717, 1.165) is 0 Å². The molecule has 1 aliphatic heterocycles. The summed E-state index contributed by atoms with van der Waals surface area (Å²) in [6, 6.07) is -3.81. The maximum atomic E-state index is 13.7. The molecule has 5 N–H and O–H groups in total. The summed E-state index contributed by atoms with van der Waals surface area (Å²) in [6.07, 6.45) is 0.286. The number of ketones is 1. The molecule has 13 heteroatoms. The molecule has 4 amide bonds. The zero-order chi connectivity index (χ0) is 34.2. The highest BCUT2D eigenvalue weighted by Crippen LogP contribution is 2.29. The molecule has 1 saturated heterocycles. The fourth-order valence-electron chi connectivity index (χ4n) is 4.96. The lowest BCUT2D eigenvalue weighted by Gasteiger charge is -2.34. The second-order valence-electron chi connectivity index (χ2n) is 13.8. The second-order valence-corrected chi connectivity index (χ2v) is 17.9. The summed E-state index contributed by atoms with van der Waals surface area (Å²) in [5, 5.41) is 18.6. The Bertz CT molecular complexity index is 1010. The number of Topliss-reactive ketones (excluding diaryl/α,β-unsaturated/α-hetero) is 1. The molecule has 1 rings (SSSR count). The number of aliphatic hydroxyl groups is 1. The lowest BCUT2D eigenvalue weighted by molar-refractivity contribution is -0.142. The van der Waals surface area contributed by atoms with Crippen LogP contribution in [0.4, 0.5) is 0 Å². The van der Waals surface area contributed by atoms with Crippen LogP contribution in [-0.4, -0.2) is 102 Å². The Labute approximate surface area is 264 Å². The third-order valence-corrected chi connectivity index (χ3v) is 9.98. The van der Waals surface area contributed by atoms with Crippen molar-refractivity contribution in [2.45, 2.75) is 136 Å². The van der Waals surface area contributed by atoms with E-state index in [1.54, 1.807) is 34.0 Å². The van der Waals surface area contributed by atoms with E-state index in [1.807, 2.05) is 34.6 Å². The minimum absolute atomic E-state index is 0.0804. The average Bonchev–Trinajstić information content (AvgIpc) is 3.68. The predicted molar refractivity (Wildman–Crippen MR) is 171 cm³/mol. The van der Waals surface area contributed by atoms with Gasteiger partial charge in [0.2, 0.25) is 23.6 Å². The Kier molecular flexibility index (Phi) is 15.2. The maximum absolute atomic E-state index is 13.7. The Morgan fingerprint density at radius 3 is 1.82 bits per heavy atom. The van der Waals surface area contributed by atoms with Crippen molar-refractivity contribution in [1.82, 2.24) is 20.9 Å². The Morgan fingerprint density at radius 2 is 1.39 bits per heavy atom. The van der Waals surface area contributed by atoms with Crippen LogP contribution in [0.3, 0.4) is 0 Å². The minimum atomic E-state index is -2.47. The molecule has 254 valence electrons. The third-order valence-electron chi connectivity index (χ3n) is 8.51. The number of nitrogens with one attached hydrogen (secondary N) is 3. The molecule has 0 radical (unpaired) electrons. The molecule has 0 spiro atoms. The number of hydrogen-bond acceptors (Lipinski definition) is 8. The van der Waals surface area contributed by atoms with Gasteiger partial charge in [-0.05, 0) is 57.2 Å². The number of ether oxygens (including phenoxy) is 1. The molecule has 0 aromatic carbocycles. The number of rotatable bonds is 19. The normalized spacial score (nSPS) is 21.2. The lowest BCUT2D eigenvalue weighted by Crippen LogP contribution is -2.62. The molecule has 0 bridgehead atoms. The Morgan fingerprint density at radius 1 is 0.886 bits per heavy atom. The number of likely N-dealkylation sites (N-methyl/N-ethyl adjacent to an activating group) is 1. The Balaban J connectivity index is 3.18. The first-order chi connectivity index (χ1) is 20.2. The Hall–Kier alpha value is -2.35. The van der Waals surface area contributed by atoms with E-state index in [0.29, 0.717) is 25.3 Å². The van der Waals surface area contributed by atoms with Gasteiger partial charge < -0.3 is 35.5 Å². The SMILES string of the molecule is CC[C@H](C)[C@H](NC(=O)[C@H]([C@@H](C)CC)N(C)C(=O)CC[Si](C)(C)O)C(=O)N[C@H](C(=O)N[C@@H](CC(C)C)C(=O)[C@@]1(C)CO1)[C@@H](C)O. The van der Waals surface area contributed by atoms with Crippen LogP contribution >= 0.6 is 0 Å². The van der Waals surface area contributed by atoms with Crippen LogP contribution in [0.25, 0.3) is 0 Å². The summed E-state index contributed by atoms with van der Waals surface area (Å²) < 4.78 is 5.29. The first kappa shape index (κ1) is 39.7. The number of nitrogens with zero attached hydrogens (tertiary/aromatic N) is 1. The highest BCUT2D eigenvalue weighted by molar-refractivity contribution is 6.69. The number of hydrogen-bond donors (Lipinski definition) is 5. The molecule has 0 aromatic heterocycles. The molecular formula is C31H58N4O8Si. The van der Waals surface area contributed by atoms with Gasteiger partial charge in [0.25, 0.3) is 0 Å². The molecule has 1 heterocycles. The summed E-state index contributed by atoms with van der Waals surface area (Å²) in [7, 11) is -0.915. The van der Waals surface area contributed by atoms with E-state index in [9.17, 15) is 33.9 Å². The zero-order valence-corrected chi connectivity index (χ0v) is 29.7. The molecule has 44 heavy (non-hydrogen) atoms. The van der Waals surface area contributed by atoms with Gasteiger partial charge in [0, 0.05) is 13.5 Å². The van der Waals surface area contributed by atoms with Crippen molar-refractivity contribution in [3.8, 4) is 0 Å². The first-order valence-corrected chi connectivity index (χ1v) is 19.1. The van der Waals surface area contributed by atoms with Crippen LogP contribution in [0.5, 0.6) is 0 Å². The molecule has 1 fully saturated rings. The number of aliphatic hydroxyl groups excluding tert-OH is 1. The van der Waals surface area contributed by atoms with Crippen LogP contribution in [0.1, 0.15) is 81.1 Å². The smallest absolute Gasteiger partial charge is 0.245 e. The van der Waals surface area contributed by atoms with Crippen molar-refractivity contribution in [1.29, 1.82) is 0 Å². The number of carbonyl (C=O) groups excluding carboxylic acids is 5. The second kappa shape index (κ2) is 16.8. The van der Waals surface area contributed by atoms with Crippen LogP contribution in [0, 0.1) is 17.8 Å². The van der Waals surface area contributed by atoms with Gasteiger partial charge in [-0.1, -0.05) is 54.4 Å².